The van der Waals surface area contributed by atoms with Crippen molar-refractivity contribution < 1.29 is 13.9 Å². The Hall–Kier alpha value is -3.12. The van der Waals surface area contributed by atoms with Crippen LogP contribution in [0.25, 0.3) is 27.3 Å². The van der Waals surface area contributed by atoms with Crippen LogP contribution in [0, 0.1) is 0 Å². The second-order valence-electron chi connectivity index (χ2n) is 6.34. The van der Waals surface area contributed by atoms with Gasteiger partial charge in [0, 0.05) is 11.5 Å². The molecule has 0 saturated carbocycles. The summed E-state index contributed by atoms with van der Waals surface area (Å²) in [6.45, 7) is 4.39. The second-order valence-corrected chi connectivity index (χ2v) is 7.40. The Morgan fingerprint density at radius 2 is 2.14 bits per heavy atom. The number of thiazole rings is 1. The van der Waals surface area contributed by atoms with Gasteiger partial charge in [-0.1, -0.05) is 24.3 Å². The minimum Gasteiger partial charge on any atom is -0.490 e. The molecule has 4 aromatic rings. The van der Waals surface area contributed by atoms with Gasteiger partial charge in [0.1, 0.15) is 10.8 Å². The van der Waals surface area contributed by atoms with E-state index in [2.05, 4.69) is 10.3 Å². The molecule has 2 heterocycles. The van der Waals surface area contributed by atoms with Crippen LogP contribution in [0.3, 0.4) is 0 Å². The summed E-state index contributed by atoms with van der Waals surface area (Å²) in [6, 6.07) is 15.3. The third kappa shape index (κ3) is 3.77. The third-order valence-corrected chi connectivity index (χ3v) is 5.30. The summed E-state index contributed by atoms with van der Waals surface area (Å²) >= 11 is 1.55. The molecule has 28 heavy (non-hydrogen) atoms. The average molecular weight is 392 g/mol. The molecule has 1 unspecified atom stereocenters. The van der Waals surface area contributed by atoms with Crippen molar-refractivity contribution in [2.24, 2.45) is 0 Å². The monoisotopic (exact) mass is 392 g/mol. The summed E-state index contributed by atoms with van der Waals surface area (Å²) in [6.07, 6.45) is 3.24. The van der Waals surface area contributed by atoms with Crippen LogP contribution in [0.15, 0.2) is 59.0 Å². The van der Waals surface area contributed by atoms with E-state index in [1.165, 1.54) is 6.08 Å². The molecular weight excluding hydrogens is 372 g/mol. The van der Waals surface area contributed by atoms with E-state index in [9.17, 15) is 4.79 Å². The number of hydrogen-bond acceptors (Lipinski definition) is 5. The van der Waals surface area contributed by atoms with Crippen molar-refractivity contribution in [2.75, 3.05) is 6.61 Å². The largest absolute Gasteiger partial charge is 0.490 e. The zero-order valence-corrected chi connectivity index (χ0v) is 16.5. The van der Waals surface area contributed by atoms with Crippen LogP contribution in [0.1, 0.15) is 30.7 Å². The van der Waals surface area contributed by atoms with E-state index in [0.717, 1.165) is 20.6 Å². The summed E-state index contributed by atoms with van der Waals surface area (Å²) in [5.74, 6) is 1.20. The fourth-order valence-corrected chi connectivity index (χ4v) is 3.85. The molecule has 0 fully saturated rings. The van der Waals surface area contributed by atoms with Crippen LogP contribution < -0.4 is 10.1 Å². The highest BCUT2D eigenvalue weighted by Gasteiger charge is 2.15. The predicted molar refractivity (Wildman–Crippen MR) is 113 cm³/mol. The molecule has 2 aromatic carbocycles. The number of carbonyl (C=O) groups excluding carboxylic acids is 1. The van der Waals surface area contributed by atoms with Crippen LogP contribution >= 0.6 is 11.3 Å². The zero-order valence-electron chi connectivity index (χ0n) is 15.6. The van der Waals surface area contributed by atoms with Gasteiger partial charge in [-0.2, -0.15) is 0 Å². The lowest BCUT2D eigenvalue weighted by molar-refractivity contribution is -0.117. The summed E-state index contributed by atoms with van der Waals surface area (Å²) in [7, 11) is 0. The molecule has 6 heteroatoms. The number of para-hydroxylation sites is 2. The van der Waals surface area contributed by atoms with Gasteiger partial charge >= 0.3 is 0 Å². The molecule has 0 aliphatic rings. The SMILES string of the molecule is CCOc1cccc2cc(C(C)NC(=O)/C=C/c3nc4ccccc4s3)oc12. The van der Waals surface area contributed by atoms with Crippen LogP contribution in [-0.2, 0) is 4.79 Å². The van der Waals surface area contributed by atoms with Gasteiger partial charge in [-0.05, 0) is 44.2 Å². The zero-order chi connectivity index (χ0) is 19.5. The molecule has 0 bridgehead atoms. The fraction of sp³-hybridized carbons (Fsp3) is 0.182. The molecule has 0 saturated heterocycles. The Morgan fingerprint density at radius 3 is 2.96 bits per heavy atom. The van der Waals surface area contributed by atoms with Crippen LogP contribution in [0.4, 0.5) is 0 Å². The lowest BCUT2D eigenvalue weighted by atomic mass is 10.2. The normalized spacial score (nSPS) is 12.6. The molecule has 1 N–H and O–H groups in total. The smallest absolute Gasteiger partial charge is 0.244 e. The van der Waals surface area contributed by atoms with E-state index in [0.29, 0.717) is 23.7 Å². The Kier molecular flexibility index (Phi) is 5.12. The highest BCUT2D eigenvalue weighted by atomic mass is 32.1. The highest BCUT2D eigenvalue weighted by Crippen LogP contribution is 2.31. The lowest BCUT2D eigenvalue weighted by Crippen LogP contribution is -2.24. The van der Waals surface area contributed by atoms with Crippen molar-refractivity contribution in [1.29, 1.82) is 0 Å². The molecule has 0 radical (unpaired) electrons. The van der Waals surface area contributed by atoms with E-state index in [1.807, 2.05) is 62.4 Å². The maximum absolute atomic E-state index is 12.3. The number of fused-ring (bicyclic) bond motifs is 2. The van der Waals surface area contributed by atoms with E-state index in [1.54, 1.807) is 17.4 Å². The minimum absolute atomic E-state index is 0.197. The van der Waals surface area contributed by atoms with Crippen molar-refractivity contribution in [2.45, 2.75) is 19.9 Å². The summed E-state index contributed by atoms with van der Waals surface area (Å²) in [5, 5.41) is 4.68. The quantitative estimate of drug-likeness (QED) is 0.450. The number of aromatic nitrogens is 1. The Labute approximate surface area is 166 Å². The van der Waals surface area contributed by atoms with Crippen molar-refractivity contribution in [3.63, 3.8) is 0 Å². The van der Waals surface area contributed by atoms with Crippen molar-refractivity contribution >= 4 is 44.5 Å². The Bertz CT molecular complexity index is 1130. The maximum atomic E-state index is 12.3. The van der Waals surface area contributed by atoms with Crippen LogP contribution in [0.2, 0.25) is 0 Å². The Morgan fingerprint density at radius 1 is 1.29 bits per heavy atom. The molecule has 4 rings (SSSR count). The maximum Gasteiger partial charge on any atom is 0.244 e. The predicted octanol–water partition coefficient (Wildman–Crippen LogP) is 5.33. The summed E-state index contributed by atoms with van der Waals surface area (Å²) < 4.78 is 12.7. The molecule has 0 aliphatic carbocycles. The first kappa shape index (κ1) is 18.3. The summed E-state index contributed by atoms with van der Waals surface area (Å²) in [5.41, 5.74) is 1.64. The average Bonchev–Trinajstić information content (AvgIpc) is 3.31. The number of ether oxygens (including phenoxy) is 1. The molecule has 0 aliphatic heterocycles. The number of hydrogen-bond donors (Lipinski definition) is 1. The Balaban J connectivity index is 1.46. The molecule has 2 aromatic heterocycles. The van der Waals surface area contributed by atoms with Crippen LogP contribution in [0.5, 0.6) is 5.75 Å². The molecule has 1 amide bonds. The standard InChI is InChI=1S/C22H20N2O3S/c1-3-26-17-9-6-7-15-13-18(27-22(15)17)14(2)23-20(25)11-12-21-24-16-8-4-5-10-19(16)28-21/h4-14H,3H2,1-2H3,(H,23,25)/b12-11+. The minimum atomic E-state index is -0.269. The lowest BCUT2D eigenvalue weighted by Gasteiger charge is -2.09. The number of amides is 1. The molecule has 5 nitrogen and oxygen atoms in total. The number of nitrogens with zero attached hydrogens (tertiary/aromatic N) is 1. The van der Waals surface area contributed by atoms with E-state index < -0.39 is 0 Å². The molecular formula is C22H20N2O3S. The highest BCUT2D eigenvalue weighted by molar-refractivity contribution is 7.19. The van der Waals surface area contributed by atoms with E-state index in [-0.39, 0.29) is 11.9 Å². The second kappa shape index (κ2) is 7.86. The molecule has 0 spiro atoms. The van der Waals surface area contributed by atoms with E-state index >= 15 is 0 Å². The topological polar surface area (TPSA) is 64.4 Å². The van der Waals surface area contributed by atoms with E-state index in [4.69, 9.17) is 9.15 Å². The van der Waals surface area contributed by atoms with Gasteiger partial charge in [-0.25, -0.2) is 4.98 Å². The number of benzene rings is 2. The van der Waals surface area contributed by atoms with Gasteiger partial charge in [0.05, 0.1) is 22.9 Å². The van der Waals surface area contributed by atoms with Gasteiger partial charge in [0.2, 0.25) is 5.91 Å². The van der Waals surface area contributed by atoms with Gasteiger partial charge in [-0.3, -0.25) is 4.79 Å². The first-order valence-electron chi connectivity index (χ1n) is 9.13. The number of furan rings is 1. The number of nitrogens with one attached hydrogen (secondary N) is 1. The fourth-order valence-electron chi connectivity index (χ4n) is 2.98. The van der Waals surface area contributed by atoms with Gasteiger partial charge in [0.15, 0.2) is 11.3 Å². The molecule has 1 atom stereocenters. The molecule has 142 valence electrons. The summed E-state index contributed by atoms with van der Waals surface area (Å²) in [4.78, 5) is 16.8. The third-order valence-electron chi connectivity index (χ3n) is 4.30. The first-order valence-corrected chi connectivity index (χ1v) is 9.95. The first-order chi connectivity index (χ1) is 13.6. The van der Waals surface area contributed by atoms with Gasteiger partial charge in [0.25, 0.3) is 0 Å². The van der Waals surface area contributed by atoms with Gasteiger partial charge in [-0.15, -0.1) is 11.3 Å². The van der Waals surface area contributed by atoms with Crippen molar-refractivity contribution in [3.05, 3.63) is 65.4 Å². The number of rotatable bonds is 6. The van der Waals surface area contributed by atoms with Crippen molar-refractivity contribution in [1.82, 2.24) is 10.3 Å². The van der Waals surface area contributed by atoms with Crippen molar-refractivity contribution in [3.8, 4) is 5.75 Å². The van der Waals surface area contributed by atoms with Gasteiger partial charge < -0.3 is 14.5 Å². The van der Waals surface area contributed by atoms with Crippen LogP contribution in [-0.4, -0.2) is 17.5 Å². The number of carbonyl (C=O) groups is 1.